The normalized spacial score (nSPS) is 12.5. The summed E-state index contributed by atoms with van der Waals surface area (Å²) in [6.45, 7) is 1.98. The highest BCUT2D eigenvalue weighted by atomic mass is 79.9. The Labute approximate surface area is 91.6 Å². The van der Waals surface area contributed by atoms with Gasteiger partial charge in [-0.2, -0.15) is 0 Å². The van der Waals surface area contributed by atoms with Gasteiger partial charge in [0.15, 0.2) is 0 Å². The molecule has 0 aliphatic heterocycles. The van der Waals surface area contributed by atoms with E-state index in [1.54, 1.807) is 0 Å². The number of halogens is 1. The molecule has 0 bridgehead atoms. The van der Waals surface area contributed by atoms with E-state index < -0.39 is 0 Å². The molecule has 0 radical (unpaired) electrons. The Hall–Kier alpha value is -0.870. The van der Waals surface area contributed by atoms with E-state index in [0.29, 0.717) is 0 Å². The number of hydrogen-bond donors (Lipinski definition) is 2. The van der Waals surface area contributed by atoms with Gasteiger partial charge in [-0.3, -0.25) is 4.79 Å². The molecule has 1 aromatic rings. The molecule has 1 rings (SSSR count). The maximum atomic E-state index is 10.7. The van der Waals surface area contributed by atoms with Gasteiger partial charge in [0, 0.05) is 16.9 Å². The molecular weight excluding hydrogens is 244 g/mol. The minimum atomic E-state index is -0.377. The van der Waals surface area contributed by atoms with Crippen molar-refractivity contribution in [1.82, 2.24) is 0 Å². The minimum Gasteiger partial charge on any atom is -0.370 e. The molecule has 0 aliphatic carbocycles. The van der Waals surface area contributed by atoms with E-state index in [1.165, 1.54) is 0 Å². The van der Waals surface area contributed by atoms with Crippen molar-refractivity contribution in [2.75, 3.05) is 0 Å². The van der Waals surface area contributed by atoms with Crippen LogP contribution in [0.15, 0.2) is 22.7 Å². The van der Waals surface area contributed by atoms with E-state index >= 15 is 0 Å². The summed E-state index contributed by atoms with van der Waals surface area (Å²) in [6, 6.07) is 5.47. The van der Waals surface area contributed by atoms with Gasteiger partial charge in [-0.1, -0.05) is 28.1 Å². The number of amides is 1. The van der Waals surface area contributed by atoms with E-state index in [0.717, 1.165) is 15.6 Å². The molecule has 0 saturated heterocycles. The number of carbonyl (C=O) groups excluding carboxylic acids is 1. The summed E-state index contributed by atoms with van der Waals surface area (Å²) < 4.78 is 1.03. The molecule has 0 fully saturated rings. The number of aryl methyl sites for hydroxylation is 1. The maximum absolute atomic E-state index is 10.7. The number of nitrogens with two attached hydrogens (primary N) is 2. The average molecular weight is 257 g/mol. The fraction of sp³-hybridized carbons (Fsp3) is 0.300. The van der Waals surface area contributed by atoms with Gasteiger partial charge in [0.1, 0.15) is 0 Å². The highest BCUT2D eigenvalue weighted by Gasteiger charge is 2.09. The Kier molecular flexibility index (Phi) is 3.66. The van der Waals surface area contributed by atoms with Crippen LogP contribution in [0.4, 0.5) is 0 Å². The largest absolute Gasteiger partial charge is 0.370 e. The third-order valence-electron chi connectivity index (χ3n) is 2.03. The lowest BCUT2D eigenvalue weighted by Crippen LogP contribution is -2.20. The van der Waals surface area contributed by atoms with Gasteiger partial charge in [-0.25, -0.2) is 0 Å². The first-order valence-electron chi connectivity index (χ1n) is 4.30. The van der Waals surface area contributed by atoms with Crippen molar-refractivity contribution in [2.24, 2.45) is 11.5 Å². The first-order chi connectivity index (χ1) is 6.50. The van der Waals surface area contributed by atoms with Crippen LogP contribution in [0.3, 0.4) is 0 Å². The van der Waals surface area contributed by atoms with Crippen LogP contribution >= 0.6 is 15.9 Å². The molecule has 1 aromatic carbocycles. The molecule has 1 atom stereocenters. The molecule has 4 N–H and O–H groups in total. The molecule has 1 unspecified atom stereocenters. The van der Waals surface area contributed by atoms with Gasteiger partial charge in [0.25, 0.3) is 0 Å². The van der Waals surface area contributed by atoms with Crippen molar-refractivity contribution >= 4 is 21.8 Å². The molecular formula is C10H13BrN2O. The topological polar surface area (TPSA) is 69.1 Å². The third-order valence-corrected chi connectivity index (χ3v) is 2.92. The van der Waals surface area contributed by atoms with Gasteiger partial charge in [0.2, 0.25) is 5.91 Å². The van der Waals surface area contributed by atoms with Gasteiger partial charge in [0.05, 0.1) is 0 Å². The van der Waals surface area contributed by atoms with Gasteiger partial charge < -0.3 is 11.5 Å². The fourth-order valence-electron chi connectivity index (χ4n) is 1.23. The zero-order valence-electron chi connectivity index (χ0n) is 7.96. The molecule has 14 heavy (non-hydrogen) atoms. The van der Waals surface area contributed by atoms with Gasteiger partial charge in [-0.15, -0.1) is 0 Å². The monoisotopic (exact) mass is 256 g/mol. The first kappa shape index (κ1) is 11.2. The standard InChI is InChI=1S/C10H13BrN2O/c1-6-4-7(2-3-8(6)11)9(12)5-10(13)14/h2-4,9H,5,12H2,1H3,(H2,13,14). The summed E-state index contributed by atoms with van der Waals surface area (Å²) in [5, 5.41) is 0. The number of rotatable bonds is 3. The molecule has 76 valence electrons. The van der Waals surface area contributed by atoms with Crippen molar-refractivity contribution in [3.63, 3.8) is 0 Å². The summed E-state index contributed by atoms with van der Waals surface area (Å²) in [7, 11) is 0. The molecule has 0 saturated carbocycles. The van der Waals surface area contributed by atoms with Gasteiger partial charge in [-0.05, 0) is 24.1 Å². The number of benzene rings is 1. The first-order valence-corrected chi connectivity index (χ1v) is 5.10. The second-order valence-electron chi connectivity index (χ2n) is 3.29. The average Bonchev–Trinajstić information content (AvgIpc) is 2.08. The van der Waals surface area contributed by atoms with Crippen LogP contribution in [0.25, 0.3) is 0 Å². The maximum Gasteiger partial charge on any atom is 0.219 e. The molecule has 0 aliphatic rings. The van der Waals surface area contributed by atoms with Crippen molar-refractivity contribution in [3.8, 4) is 0 Å². The lowest BCUT2D eigenvalue weighted by atomic mass is 10.0. The van der Waals surface area contributed by atoms with E-state index in [-0.39, 0.29) is 18.4 Å². The number of hydrogen-bond acceptors (Lipinski definition) is 2. The van der Waals surface area contributed by atoms with Crippen LogP contribution in [0.5, 0.6) is 0 Å². The van der Waals surface area contributed by atoms with Crippen LogP contribution in [0.1, 0.15) is 23.6 Å². The molecule has 0 aromatic heterocycles. The van der Waals surface area contributed by atoms with Crippen LogP contribution < -0.4 is 11.5 Å². The third kappa shape index (κ3) is 2.82. The molecule has 0 spiro atoms. The minimum absolute atomic E-state index is 0.182. The Morgan fingerprint density at radius 1 is 1.57 bits per heavy atom. The van der Waals surface area contributed by atoms with E-state index in [1.807, 2.05) is 25.1 Å². The summed E-state index contributed by atoms with van der Waals surface area (Å²) in [6.07, 6.45) is 0.182. The van der Waals surface area contributed by atoms with Crippen molar-refractivity contribution in [1.29, 1.82) is 0 Å². The van der Waals surface area contributed by atoms with Crippen LogP contribution in [0, 0.1) is 6.92 Å². The smallest absolute Gasteiger partial charge is 0.219 e. The van der Waals surface area contributed by atoms with Crippen LogP contribution in [-0.4, -0.2) is 5.91 Å². The van der Waals surface area contributed by atoms with Crippen molar-refractivity contribution < 1.29 is 4.79 Å². The lowest BCUT2D eigenvalue weighted by molar-refractivity contribution is -0.118. The van der Waals surface area contributed by atoms with Crippen molar-refractivity contribution in [3.05, 3.63) is 33.8 Å². The van der Waals surface area contributed by atoms with Crippen LogP contribution in [0.2, 0.25) is 0 Å². The highest BCUT2D eigenvalue weighted by molar-refractivity contribution is 9.10. The second kappa shape index (κ2) is 4.57. The number of carbonyl (C=O) groups is 1. The Morgan fingerprint density at radius 3 is 2.71 bits per heavy atom. The fourth-order valence-corrected chi connectivity index (χ4v) is 1.48. The number of primary amides is 1. The van der Waals surface area contributed by atoms with E-state index in [9.17, 15) is 4.79 Å². The highest BCUT2D eigenvalue weighted by Crippen LogP contribution is 2.21. The predicted molar refractivity (Wildman–Crippen MR) is 59.6 cm³/mol. The quantitative estimate of drug-likeness (QED) is 0.864. The predicted octanol–water partition coefficient (Wildman–Crippen LogP) is 1.63. The van der Waals surface area contributed by atoms with Gasteiger partial charge >= 0.3 is 0 Å². The molecule has 3 nitrogen and oxygen atoms in total. The summed E-state index contributed by atoms with van der Waals surface area (Å²) >= 11 is 3.40. The summed E-state index contributed by atoms with van der Waals surface area (Å²) in [5.41, 5.74) is 12.9. The zero-order chi connectivity index (χ0) is 10.7. The Balaban J connectivity index is 2.85. The molecule has 0 heterocycles. The Bertz CT molecular complexity index is 352. The Morgan fingerprint density at radius 2 is 2.21 bits per heavy atom. The summed E-state index contributed by atoms with van der Waals surface area (Å²) in [5.74, 6) is -0.377. The van der Waals surface area contributed by atoms with E-state index in [4.69, 9.17) is 11.5 Å². The van der Waals surface area contributed by atoms with Crippen LogP contribution in [-0.2, 0) is 4.79 Å². The molecule has 1 amide bonds. The molecule has 4 heteroatoms. The second-order valence-corrected chi connectivity index (χ2v) is 4.14. The zero-order valence-corrected chi connectivity index (χ0v) is 9.54. The lowest BCUT2D eigenvalue weighted by Gasteiger charge is -2.11. The van der Waals surface area contributed by atoms with E-state index in [2.05, 4.69) is 15.9 Å². The van der Waals surface area contributed by atoms with Crippen molar-refractivity contribution in [2.45, 2.75) is 19.4 Å². The summed E-state index contributed by atoms with van der Waals surface area (Å²) in [4.78, 5) is 10.7. The SMILES string of the molecule is Cc1cc(C(N)CC(N)=O)ccc1Br.